The Kier molecular flexibility index (Phi) is 3.91. The van der Waals surface area contributed by atoms with Gasteiger partial charge in [-0.25, -0.2) is 0 Å². The Hall–Kier alpha value is -0.0800. The molecule has 2 saturated carbocycles. The lowest BCUT2D eigenvalue weighted by molar-refractivity contribution is 0.0362. The van der Waals surface area contributed by atoms with Gasteiger partial charge in [0.2, 0.25) is 0 Å². The Morgan fingerprint density at radius 1 is 1.12 bits per heavy atom. The highest BCUT2D eigenvalue weighted by Crippen LogP contribution is 2.38. The molecular formula is C14H27NO. The molecule has 2 N–H and O–H groups in total. The van der Waals surface area contributed by atoms with Crippen LogP contribution in [0.3, 0.4) is 0 Å². The van der Waals surface area contributed by atoms with Crippen LogP contribution < -0.4 is 5.32 Å². The topological polar surface area (TPSA) is 32.3 Å². The van der Waals surface area contributed by atoms with E-state index in [0.29, 0.717) is 18.6 Å². The molecule has 0 radical (unpaired) electrons. The summed E-state index contributed by atoms with van der Waals surface area (Å²) in [5.41, 5.74) is 0.0205. The highest BCUT2D eigenvalue weighted by atomic mass is 16.3. The van der Waals surface area contributed by atoms with Crippen molar-refractivity contribution in [1.82, 2.24) is 5.32 Å². The molecular weight excluding hydrogens is 198 g/mol. The van der Waals surface area contributed by atoms with Gasteiger partial charge >= 0.3 is 0 Å². The van der Waals surface area contributed by atoms with Crippen LogP contribution in [0.2, 0.25) is 0 Å². The molecule has 2 nitrogen and oxygen atoms in total. The Morgan fingerprint density at radius 3 is 2.44 bits per heavy atom. The van der Waals surface area contributed by atoms with Crippen LogP contribution in [0.25, 0.3) is 0 Å². The van der Waals surface area contributed by atoms with Crippen molar-refractivity contribution < 1.29 is 5.11 Å². The molecule has 2 aliphatic carbocycles. The summed E-state index contributed by atoms with van der Waals surface area (Å²) < 4.78 is 0. The van der Waals surface area contributed by atoms with E-state index in [0.717, 1.165) is 12.3 Å². The summed E-state index contributed by atoms with van der Waals surface area (Å²) >= 11 is 0. The number of aliphatic hydroxyl groups excluding tert-OH is 1. The third-order valence-corrected chi connectivity index (χ3v) is 5.14. The van der Waals surface area contributed by atoms with Gasteiger partial charge < -0.3 is 10.4 Å². The highest BCUT2D eigenvalue weighted by molar-refractivity contribution is 4.99. The monoisotopic (exact) mass is 225 g/mol. The van der Waals surface area contributed by atoms with Crippen LogP contribution in [-0.2, 0) is 0 Å². The lowest BCUT2D eigenvalue weighted by Gasteiger charge is -2.47. The van der Waals surface area contributed by atoms with Crippen LogP contribution in [-0.4, -0.2) is 23.3 Å². The predicted octanol–water partition coefficient (Wildman–Crippen LogP) is 2.71. The Labute approximate surface area is 99.8 Å². The molecule has 0 aromatic rings. The molecule has 3 unspecified atom stereocenters. The molecule has 16 heavy (non-hydrogen) atoms. The van der Waals surface area contributed by atoms with E-state index < -0.39 is 0 Å². The maximum absolute atomic E-state index is 9.83. The summed E-state index contributed by atoms with van der Waals surface area (Å²) in [6, 6.07) is 0.667. The van der Waals surface area contributed by atoms with Gasteiger partial charge in [-0.1, -0.05) is 39.5 Å². The van der Waals surface area contributed by atoms with Gasteiger partial charge in [0, 0.05) is 11.6 Å². The molecule has 2 heteroatoms. The summed E-state index contributed by atoms with van der Waals surface area (Å²) in [6.45, 7) is 4.97. The third kappa shape index (κ3) is 2.28. The minimum absolute atomic E-state index is 0.0205. The molecule has 0 heterocycles. The van der Waals surface area contributed by atoms with Gasteiger partial charge in [0.25, 0.3) is 0 Å². The summed E-state index contributed by atoms with van der Waals surface area (Å²) in [6.07, 6.45) is 9.10. The number of hydrogen-bond acceptors (Lipinski definition) is 2. The van der Waals surface area contributed by atoms with Gasteiger partial charge in [0.1, 0.15) is 0 Å². The molecule has 0 aromatic heterocycles. The standard InChI is InChI=1S/C14H27NO/c1-11-6-5-9-14(10-16,12(11)2)15-13-7-3-4-8-13/h11-13,15-16H,3-10H2,1-2H3. The predicted molar refractivity (Wildman–Crippen MR) is 67.4 cm³/mol. The maximum atomic E-state index is 9.83. The first kappa shape index (κ1) is 12.4. The van der Waals surface area contributed by atoms with E-state index in [-0.39, 0.29) is 5.54 Å². The molecule has 0 saturated heterocycles. The van der Waals surface area contributed by atoms with Crippen molar-refractivity contribution in [3.05, 3.63) is 0 Å². The molecule has 2 rings (SSSR count). The fourth-order valence-electron chi connectivity index (χ4n) is 3.71. The number of nitrogens with one attached hydrogen (secondary N) is 1. The van der Waals surface area contributed by atoms with Crippen molar-refractivity contribution in [3.63, 3.8) is 0 Å². The van der Waals surface area contributed by atoms with Crippen LogP contribution in [0.5, 0.6) is 0 Å². The number of aliphatic hydroxyl groups is 1. The van der Waals surface area contributed by atoms with Crippen molar-refractivity contribution in [2.75, 3.05) is 6.61 Å². The van der Waals surface area contributed by atoms with E-state index in [1.165, 1.54) is 38.5 Å². The average molecular weight is 225 g/mol. The quantitative estimate of drug-likeness (QED) is 0.774. The van der Waals surface area contributed by atoms with Gasteiger partial charge in [-0.15, -0.1) is 0 Å². The van der Waals surface area contributed by atoms with Gasteiger partial charge in [0.15, 0.2) is 0 Å². The van der Waals surface area contributed by atoms with Gasteiger partial charge in [0.05, 0.1) is 6.61 Å². The van der Waals surface area contributed by atoms with E-state index in [9.17, 15) is 5.11 Å². The SMILES string of the molecule is CC1CCCC(CO)(NC2CCCC2)C1C. The average Bonchev–Trinajstić information content (AvgIpc) is 2.77. The zero-order valence-corrected chi connectivity index (χ0v) is 10.8. The van der Waals surface area contributed by atoms with E-state index in [2.05, 4.69) is 19.2 Å². The zero-order valence-electron chi connectivity index (χ0n) is 10.8. The molecule has 0 aromatic carbocycles. The molecule has 2 fully saturated rings. The van der Waals surface area contributed by atoms with Crippen LogP contribution >= 0.6 is 0 Å². The summed E-state index contributed by atoms with van der Waals surface area (Å²) in [5.74, 6) is 1.35. The van der Waals surface area contributed by atoms with E-state index in [1.54, 1.807) is 0 Å². The van der Waals surface area contributed by atoms with Crippen LogP contribution in [0, 0.1) is 11.8 Å². The second-order valence-corrected chi connectivity index (χ2v) is 6.10. The Bertz CT molecular complexity index is 225. The minimum Gasteiger partial charge on any atom is -0.394 e. The van der Waals surface area contributed by atoms with Crippen molar-refractivity contribution >= 4 is 0 Å². The highest BCUT2D eigenvalue weighted by Gasteiger charge is 2.42. The summed E-state index contributed by atoms with van der Waals surface area (Å²) in [7, 11) is 0. The van der Waals surface area contributed by atoms with Gasteiger partial charge in [-0.2, -0.15) is 0 Å². The summed E-state index contributed by atoms with van der Waals surface area (Å²) in [4.78, 5) is 0. The molecule has 3 atom stereocenters. The summed E-state index contributed by atoms with van der Waals surface area (Å²) in [5, 5.41) is 13.6. The zero-order chi connectivity index (χ0) is 11.6. The largest absolute Gasteiger partial charge is 0.394 e. The Morgan fingerprint density at radius 2 is 1.81 bits per heavy atom. The lowest BCUT2D eigenvalue weighted by atomic mass is 9.68. The van der Waals surface area contributed by atoms with Gasteiger partial charge in [-0.3, -0.25) is 0 Å². The van der Waals surface area contributed by atoms with E-state index in [1.807, 2.05) is 0 Å². The van der Waals surface area contributed by atoms with Crippen LogP contribution in [0.4, 0.5) is 0 Å². The van der Waals surface area contributed by atoms with Crippen molar-refractivity contribution in [2.45, 2.75) is 70.4 Å². The Balaban J connectivity index is 2.04. The van der Waals surface area contributed by atoms with Crippen LogP contribution in [0.15, 0.2) is 0 Å². The smallest absolute Gasteiger partial charge is 0.0616 e. The number of hydrogen-bond donors (Lipinski definition) is 2. The normalized spacial score (nSPS) is 41.4. The van der Waals surface area contributed by atoms with Crippen molar-refractivity contribution in [1.29, 1.82) is 0 Å². The maximum Gasteiger partial charge on any atom is 0.0616 e. The lowest BCUT2D eigenvalue weighted by Crippen LogP contribution is -2.59. The second-order valence-electron chi connectivity index (χ2n) is 6.10. The third-order valence-electron chi connectivity index (χ3n) is 5.14. The van der Waals surface area contributed by atoms with Crippen molar-refractivity contribution in [2.24, 2.45) is 11.8 Å². The first-order valence-corrected chi connectivity index (χ1v) is 7.06. The van der Waals surface area contributed by atoms with E-state index in [4.69, 9.17) is 0 Å². The second kappa shape index (κ2) is 5.05. The fourth-order valence-corrected chi connectivity index (χ4v) is 3.71. The van der Waals surface area contributed by atoms with E-state index >= 15 is 0 Å². The minimum atomic E-state index is 0.0205. The molecule has 0 bridgehead atoms. The first-order chi connectivity index (χ1) is 7.68. The van der Waals surface area contributed by atoms with Crippen LogP contribution in [0.1, 0.15) is 58.8 Å². The van der Waals surface area contributed by atoms with Crippen molar-refractivity contribution in [3.8, 4) is 0 Å². The van der Waals surface area contributed by atoms with Gasteiger partial charge in [-0.05, 0) is 31.1 Å². The fraction of sp³-hybridized carbons (Fsp3) is 1.00. The molecule has 94 valence electrons. The number of rotatable bonds is 3. The molecule has 0 amide bonds. The first-order valence-electron chi connectivity index (χ1n) is 7.06. The molecule has 0 aliphatic heterocycles. The molecule has 2 aliphatic rings. The molecule has 0 spiro atoms.